The third-order valence-corrected chi connectivity index (χ3v) is 13.2. The molecule has 0 aliphatic rings. The molecule has 3 rings (SSSR count). The molecule has 0 aliphatic carbocycles. The summed E-state index contributed by atoms with van der Waals surface area (Å²) in [5.41, 5.74) is 12.9. The van der Waals surface area contributed by atoms with Crippen molar-refractivity contribution in [1.82, 2.24) is 25.4 Å². The Kier molecular flexibility index (Phi) is 28.9. The number of hydrogen-bond acceptors (Lipinski definition) is 15. The zero-order chi connectivity index (χ0) is 55.3. The second-order valence-corrected chi connectivity index (χ2v) is 20.3. The van der Waals surface area contributed by atoms with Crippen molar-refractivity contribution >= 4 is 65.1 Å². The number of halogens is 2. The van der Waals surface area contributed by atoms with Crippen LogP contribution in [0.5, 0.6) is 0 Å². The van der Waals surface area contributed by atoms with E-state index < -0.39 is 89.0 Å². The maximum Gasteiger partial charge on any atom is 0.327 e. The van der Waals surface area contributed by atoms with Gasteiger partial charge in [0.25, 0.3) is 0 Å². The number of ether oxygens (including phenoxy) is 4. The highest BCUT2D eigenvalue weighted by Crippen LogP contribution is 2.41. The lowest BCUT2D eigenvalue weighted by Crippen LogP contribution is -2.45. The molecule has 21 nitrogen and oxygen atoms in total. The van der Waals surface area contributed by atoms with Gasteiger partial charge in [0, 0.05) is 60.6 Å². The summed E-state index contributed by atoms with van der Waals surface area (Å²) < 4.78 is 53.3. The normalized spacial score (nSPS) is 13.1. The lowest BCUT2D eigenvalue weighted by Gasteiger charge is -2.41. The second kappa shape index (κ2) is 34.1. The van der Waals surface area contributed by atoms with Crippen LogP contribution in [0.2, 0.25) is 0 Å². The highest BCUT2D eigenvalue weighted by atomic mass is 32.2. The lowest BCUT2D eigenvalue weighted by atomic mass is 9.83. The molecule has 1 aromatic heterocycles. The van der Waals surface area contributed by atoms with E-state index in [2.05, 4.69) is 16.0 Å². The molecule has 0 aliphatic heterocycles. The number of rotatable bonds is 38. The van der Waals surface area contributed by atoms with Crippen LogP contribution in [-0.2, 0) is 59.1 Å². The number of carboxylic acid groups (broad SMARTS) is 3. The van der Waals surface area contributed by atoms with Crippen molar-refractivity contribution in [2.45, 2.75) is 70.0 Å². The predicted molar refractivity (Wildman–Crippen MR) is 278 cm³/mol. The fourth-order valence-corrected chi connectivity index (χ4v) is 9.27. The molecule has 1 heterocycles. The van der Waals surface area contributed by atoms with E-state index in [1.165, 1.54) is 0 Å². The van der Waals surface area contributed by atoms with E-state index in [1.807, 2.05) is 55.7 Å². The van der Waals surface area contributed by atoms with E-state index in [9.17, 15) is 43.1 Å². The number of hydrogen-bond donors (Lipinski definition) is 8. The summed E-state index contributed by atoms with van der Waals surface area (Å²) in [6.07, 6.45) is 1.52. The van der Waals surface area contributed by atoms with Gasteiger partial charge in [0.15, 0.2) is 0 Å². The first-order chi connectivity index (χ1) is 35.7. The summed E-state index contributed by atoms with van der Waals surface area (Å²) >= 11 is 1.83. The van der Waals surface area contributed by atoms with Crippen LogP contribution < -0.4 is 27.4 Å². The third-order valence-electron chi connectivity index (χ3n) is 10.9. The maximum atomic E-state index is 15.2. The summed E-state index contributed by atoms with van der Waals surface area (Å²) in [7, 11) is 0. The van der Waals surface area contributed by atoms with Gasteiger partial charge in [0.1, 0.15) is 23.7 Å². The van der Waals surface area contributed by atoms with Crippen molar-refractivity contribution in [1.29, 1.82) is 0 Å². The Hall–Kier alpha value is -5.67. The van der Waals surface area contributed by atoms with Gasteiger partial charge in [-0.15, -0.1) is 23.5 Å². The van der Waals surface area contributed by atoms with E-state index in [0.29, 0.717) is 30.8 Å². The number of aromatic nitrogens is 1. The summed E-state index contributed by atoms with van der Waals surface area (Å²) in [6, 6.07) is 11.5. The SMILES string of the molecule is CC(C)(C)[C@H](c1cc(-c2cc(F)ccc2F)cn1Cc1ccccc1)N(CCCN)C(=O)CSC[C@H](NC(=O)CCOCCOCCOCCOCCNC(=O)CNC(=O)C(CC(=O)O)SC[C@H](N)C(=O)O)C(=O)O. The molecule has 10 N–H and O–H groups in total. The fourth-order valence-electron chi connectivity index (χ4n) is 7.27. The summed E-state index contributed by atoms with van der Waals surface area (Å²) in [6.45, 7) is 8.03. The Morgan fingerprint density at radius 1 is 0.800 bits per heavy atom. The summed E-state index contributed by atoms with van der Waals surface area (Å²) in [5, 5.41) is 34.1. The van der Waals surface area contributed by atoms with Gasteiger partial charge >= 0.3 is 17.9 Å². The molecule has 4 amide bonds. The van der Waals surface area contributed by atoms with Gasteiger partial charge in [-0.3, -0.25) is 28.8 Å². The van der Waals surface area contributed by atoms with E-state index in [0.717, 1.165) is 47.3 Å². The molecule has 1 unspecified atom stereocenters. The van der Waals surface area contributed by atoms with Crippen molar-refractivity contribution in [3.8, 4) is 11.1 Å². The largest absolute Gasteiger partial charge is 0.481 e. The van der Waals surface area contributed by atoms with Crippen molar-refractivity contribution in [3.05, 3.63) is 83.7 Å². The molecule has 75 heavy (non-hydrogen) atoms. The minimum atomic E-state index is -1.29. The van der Waals surface area contributed by atoms with E-state index in [-0.39, 0.29) is 101 Å². The number of carboxylic acids is 3. The van der Waals surface area contributed by atoms with Gasteiger partial charge in [0.05, 0.1) is 82.9 Å². The van der Waals surface area contributed by atoms with Crippen LogP contribution >= 0.6 is 23.5 Å². The van der Waals surface area contributed by atoms with E-state index >= 15 is 4.39 Å². The Labute approximate surface area is 443 Å². The predicted octanol–water partition coefficient (Wildman–Crippen LogP) is 2.73. The third kappa shape index (κ3) is 24.3. The van der Waals surface area contributed by atoms with Crippen LogP contribution in [0.25, 0.3) is 11.1 Å². The number of thioether (sulfide) groups is 2. The maximum absolute atomic E-state index is 15.2. The van der Waals surface area contributed by atoms with Gasteiger partial charge in [-0.1, -0.05) is 51.1 Å². The first-order valence-electron chi connectivity index (χ1n) is 24.2. The molecule has 0 spiro atoms. The lowest BCUT2D eigenvalue weighted by molar-refractivity contribution is -0.141. The van der Waals surface area contributed by atoms with Crippen LogP contribution in [0.4, 0.5) is 8.78 Å². The van der Waals surface area contributed by atoms with Crippen molar-refractivity contribution < 1.29 is 76.6 Å². The first-order valence-corrected chi connectivity index (χ1v) is 26.4. The monoisotopic (exact) mass is 1100 g/mol. The molecule has 0 saturated carbocycles. The number of amides is 4. The molecule has 416 valence electrons. The number of nitrogens with zero attached hydrogens (tertiary/aromatic N) is 2. The Morgan fingerprint density at radius 2 is 1.44 bits per heavy atom. The zero-order valence-corrected chi connectivity index (χ0v) is 44.1. The molecule has 4 atom stereocenters. The van der Waals surface area contributed by atoms with Crippen molar-refractivity contribution in [3.63, 3.8) is 0 Å². The van der Waals surface area contributed by atoms with Gasteiger partial charge in [-0.05, 0) is 48.2 Å². The van der Waals surface area contributed by atoms with E-state index in [4.69, 9.17) is 40.6 Å². The molecule has 0 saturated heterocycles. The number of benzene rings is 2. The topological polar surface area (TPSA) is 313 Å². The zero-order valence-electron chi connectivity index (χ0n) is 42.5. The molecule has 2 aromatic carbocycles. The molecule has 25 heteroatoms. The van der Waals surface area contributed by atoms with Crippen LogP contribution in [0.15, 0.2) is 60.8 Å². The van der Waals surface area contributed by atoms with Gasteiger partial charge in [0.2, 0.25) is 23.6 Å². The molecule has 0 bridgehead atoms. The van der Waals surface area contributed by atoms with Crippen LogP contribution in [0, 0.1) is 17.0 Å². The molecular weight excluding hydrogens is 1020 g/mol. The first kappa shape index (κ1) is 63.6. The minimum absolute atomic E-state index is 0.00185. The van der Waals surface area contributed by atoms with Crippen molar-refractivity contribution in [2.75, 3.05) is 96.3 Å². The van der Waals surface area contributed by atoms with Crippen LogP contribution in [0.3, 0.4) is 0 Å². The van der Waals surface area contributed by atoms with Crippen molar-refractivity contribution in [2.24, 2.45) is 16.9 Å². The molecule has 0 fully saturated rings. The quantitative estimate of drug-likeness (QED) is 0.0383. The number of nitrogens with two attached hydrogens (primary N) is 2. The van der Waals surface area contributed by atoms with Gasteiger partial charge in [-0.2, -0.15) is 0 Å². The number of nitrogens with one attached hydrogen (secondary N) is 3. The Bertz CT molecular complexity index is 2290. The fraction of sp³-hybridized carbons (Fsp3) is 0.540. The highest BCUT2D eigenvalue weighted by molar-refractivity contribution is 8.00. The molecule has 0 radical (unpaired) electrons. The second-order valence-electron chi connectivity index (χ2n) is 18.0. The van der Waals surface area contributed by atoms with Gasteiger partial charge in [-0.25, -0.2) is 13.6 Å². The van der Waals surface area contributed by atoms with Gasteiger partial charge < -0.3 is 71.2 Å². The minimum Gasteiger partial charge on any atom is -0.481 e. The standard InChI is InChI=1S/C50H71F2N7O14S2/c1-50(2,3)46(40-24-34(36-25-35(51)10-11-37(36)52)29-58(40)28-33-8-5-4-6-9-33)59(15-7-13-53)44(62)32-74-31-39(49(68)69)57-42(60)12-16-70-18-20-72-22-23-73-21-19-71-17-14-55-43(61)27-56-47(65)41(26-45(63)64)75-30-38(54)48(66)67/h4-6,8-11,24-25,29,38-39,41,46H,7,12-23,26-28,30-32,53-54H2,1-3H3,(H,55,61)(H,56,65)(H,57,60)(H,63,64)(H,66,67)(H,68,69)/t38-,39-,41?,46-/m0/s1. The smallest absolute Gasteiger partial charge is 0.327 e. The molecule has 3 aromatic rings. The Morgan fingerprint density at radius 3 is 2.04 bits per heavy atom. The average molecular weight is 1100 g/mol. The summed E-state index contributed by atoms with van der Waals surface area (Å²) in [5.74, 6) is -7.57. The number of carbonyl (C=O) groups is 7. The van der Waals surface area contributed by atoms with Crippen LogP contribution in [0.1, 0.15) is 57.3 Å². The Balaban J connectivity index is 1.36. The van der Waals surface area contributed by atoms with Crippen LogP contribution in [-0.4, -0.2) is 180 Å². The summed E-state index contributed by atoms with van der Waals surface area (Å²) in [4.78, 5) is 87.3. The van der Waals surface area contributed by atoms with E-state index in [1.54, 1.807) is 17.2 Å². The number of aliphatic carboxylic acids is 3. The highest BCUT2D eigenvalue weighted by Gasteiger charge is 2.37. The number of carbonyl (C=O) groups excluding carboxylic acids is 4. The average Bonchev–Trinajstić information content (AvgIpc) is 3.76. The molecular formula is C50H71F2N7O14S2.